The number of aromatic nitrogens is 1. The van der Waals surface area contributed by atoms with Gasteiger partial charge in [0.25, 0.3) is 5.91 Å². The molecular weight excluding hydrogens is 246 g/mol. The number of hydrogen-bond donors (Lipinski definition) is 4. The number of hydrazine groups is 1. The van der Waals surface area contributed by atoms with Gasteiger partial charge in [-0.15, -0.1) is 0 Å². The van der Waals surface area contributed by atoms with E-state index in [4.69, 9.17) is 5.84 Å². The SMILES string of the molecule is CNC(=O)C(C)(C)CNC(=O)c1ccnc(NN)c1. The summed E-state index contributed by atoms with van der Waals surface area (Å²) in [6, 6.07) is 3.10. The van der Waals surface area contributed by atoms with Crippen LogP contribution >= 0.6 is 0 Å². The Morgan fingerprint density at radius 2 is 2.11 bits per heavy atom. The fourth-order valence-corrected chi connectivity index (χ4v) is 1.47. The second kappa shape index (κ2) is 6.14. The largest absolute Gasteiger partial charge is 0.359 e. The van der Waals surface area contributed by atoms with Gasteiger partial charge in [-0.25, -0.2) is 10.8 Å². The van der Waals surface area contributed by atoms with E-state index < -0.39 is 5.41 Å². The number of nitrogens with zero attached hydrogens (tertiary/aromatic N) is 1. The lowest BCUT2D eigenvalue weighted by Crippen LogP contribution is -2.43. The Bertz CT molecular complexity index is 473. The summed E-state index contributed by atoms with van der Waals surface area (Å²) < 4.78 is 0. The minimum absolute atomic E-state index is 0.133. The van der Waals surface area contributed by atoms with Gasteiger partial charge in [-0.2, -0.15) is 0 Å². The van der Waals surface area contributed by atoms with Crippen LogP contribution in [0.3, 0.4) is 0 Å². The van der Waals surface area contributed by atoms with Gasteiger partial charge in [-0.3, -0.25) is 9.59 Å². The molecule has 0 bridgehead atoms. The number of anilines is 1. The minimum Gasteiger partial charge on any atom is -0.359 e. The van der Waals surface area contributed by atoms with E-state index in [0.29, 0.717) is 11.4 Å². The average molecular weight is 265 g/mol. The first-order chi connectivity index (χ1) is 8.90. The highest BCUT2D eigenvalue weighted by atomic mass is 16.2. The third-order valence-electron chi connectivity index (χ3n) is 2.70. The fourth-order valence-electron chi connectivity index (χ4n) is 1.47. The van der Waals surface area contributed by atoms with Crippen molar-refractivity contribution in [1.29, 1.82) is 0 Å². The van der Waals surface area contributed by atoms with Gasteiger partial charge in [0.2, 0.25) is 5.91 Å². The second-order valence-corrected chi connectivity index (χ2v) is 4.72. The molecule has 1 aromatic heterocycles. The Balaban J connectivity index is 2.67. The molecule has 5 N–H and O–H groups in total. The molecule has 0 atom stereocenters. The molecule has 0 fully saturated rings. The average Bonchev–Trinajstić information content (AvgIpc) is 2.43. The predicted molar refractivity (Wildman–Crippen MR) is 72.2 cm³/mol. The van der Waals surface area contributed by atoms with Gasteiger partial charge in [-0.05, 0) is 26.0 Å². The molecule has 19 heavy (non-hydrogen) atoms. The number of rotatable bonds is 5. The highest BCUT2D eigenvalue weighted by Gasteiger charge is 2.27. The molecule has 0 aliphatic rings. The number of nitrogen functional groups attached to an aromatic ring is 1. The maximum Gasteiger partial charge on any atom is 0.251 e. The Hall–Kier alpha value is -2.15. The number of carbonyl (C=O) groups is 2. The summed E-state index contributed by atoms with van der Waals surface area (Å²) in [4.78, 5) is 27.4. The Labute approximate surface area is 111 Å². The molecular formula is C12H19N5O2. The monoisotopic (exact) mass is 265 g/mol. The van der Waals surface area contributed by atoms with Crippen molar-refractivity contribution in [2.75, 3.05) is 19.0 Å². The standard InChI is InChI=1S/C12H19N5O2/c1-12(2,11(19)14-3)7-16-10(18)8-4-5-15-9(6-8)17-13/h4-6H,7,13H2,1-3H3,(H,14,19)(H,15,17)(H,16,18). The smallest absolute Gasteiger partial charge is 0.251 e. The zero-order valence-corrected chi connectivity index (χ0v) is 11.3. The molecule has 1 rings (SSSR count). The molecule has 0 saturated carbocycles. The Morgan fingerprint density at radius 3 is 2.68 bits per heavy atom. The van der Waals surface area contributed by atoms with E-state index in [9.17, 15) is 9.59 Å². The van der Waals surface area contributed by atoms with Crippen molar-refractivity contribution in [3.05, 3.63) is 23.9 Å². The summed E-state index contributed by atoms with van der Waals surface area (Å²) in [5.41, 5.74) is 2.12. The van der Waals surface area contributed by atoms with Crippen LogP contribution in [0.25, 0.3) is 0 Å². The molecule has 0 saturated heterocycles. The van der Waals surface area contributed by atoms with Crippen molar-refractivity contribution in [3.8, 4) is 0 Å². The second-order valence-electron chi connectivity index (χ2n) is 4.72. The van der Waals surface area contributed by atoms with Crippen molar-refractivity contribution >= 4 is 17.6 Å². The summed E-state index contributed by atoms with van der Waals surface area (Å²) in [5, 5.41) is 5.27. The van der Waals surface area contributed by atoms with Crippen LogP contribution in [-0.4, -0.2) is 30.4 Å². The van der Waals surface area contributed by atoms with Gasteiger partial charge in [0.1, 0.15) is 5.82 Å². The Morgan fingerprint density at radius 1 is 1.42 bits per heavy atom. The number of nitrogens with two attached hydrogens (primary N) is 1. The van der Waals surface area contributed by atoms with E-state index in [-0.39, 0.29) is 18.4 Å². The minimum atomic E-state index is -0.674. The molecule has 0 radical (unpaired) electrons. The molecule has 1 aromatic rings. The predicted octanol–water partition coefficient (Wildman–Crippen LogP) is -0.131. The van der Waals surface area contributed by atoms with Gasteiger partial charge in [0, 0.05) is 25.4 Å². The molecule has 0 aliphatic carbocycles. The number of hydrogen-bond acceptors (Lipinski definition) is 5. The molecule has 104 valence electrons. The zero-order chi connectivity index (χ0) is 14.5. The van der Waals surface area contributed by atoms with Crippen molar-refractivity contribution in [1.82, 2.24) is 15.6 Å². The molecule has 0 aliphatic heterocycles. The zero-order valence-electron chi connectivity index (χ0n) is 11.3. The highest BCUT2D eigenvalue weighted by Crippen LogP contribution is 2.14. The number of amides is 2. The van der Waals surface area contributed by atoms with Gasteiger partial charge in [0.05, 0.1) is 5.41 Å². The van der Waals surface area contributed by atoms with E-state index in [1.165, 1.54) is 12.3 Å². The summed E-state index contributed by atoms with van der Waals surface area (Å²) in [6.45, 7) is 3.75. The van der Waals surface area contributed by atoms with Crippen LogP contribution in [0.2, 0.25) is 0 Å². The molecule has 7 nitrogen and oxygen atoms in total. The van der Waals surface area contributed by atoms with Gasteiger partial charge in [-0.1, -0.05) is 0 Å². The van der Waals surface area contributed by atoms with Crippen LogP contribution in [0.4, 0.5) is 5.82 Å². The lowest BCUT2D eigenvalue weighted by molar-refractivity contribution is -0.128. The summed E-state index contributed by atoms with van der Waals surface area (Å²) in [6.07, 6.45) is 1.48. The number of nitrogens with one attached hydrogen (secondary N) is 3. The van der Waals surface area contributed by atoms with Crippen LogP contribution in [0.5, 0.6) is 0 Å². The van der Waals surface area contributed by atoms with Crippen molar-refractivity contribution in [2.45, 2.75) is 13.8 Å². The fraction of sp³-hybridized carbons (Fsp3) is 0.417. The van der Waals surface area contributed by atoms with E-state index in [1.807, 2.05) is 0 Å². The Kier molecular flexibility index (Phi) is 4.82. The molecule has 2 amide bonds. The van der Waals surface area contributed by atoms with E-state index in [2.05, 4.69) is 21.0 Å². The highest BCUT2D eigenvalue weighted by molar-refractivity contribution is 5.95. The quantitative estimate of drug-likeness (QED) is 0.438. The topological polar surface area (TPSA) is 109 Å². The van der Waals surface area contributed by atoms with Gasteiger partial charge >= 0.3 is 0 Å². The number of carbonyl (C=O) groups excluding carboxylic acids is 2. The first-order valence-electron chi connectivity index (χ1n) is 5.84. The van der Waals surface area contributed by atoms with Crippen LogP contribution in [-0.2, 0) is 4.79 Å². The van der Waals surface area contributed by atoms with Crippen LogP contribution in [0, 0.1) is 5.41 Å². The molecule has 1 heterocycles. The van der Waals surface area contributed by atoms with Crippen molar-refractivity contribution in [3.63, 3.8) is 0 Å². The first kappa shape index (κ1) is 14.9. The van der Waals surface area contributed by atoms with Gasteiger partial charge in [0.15, 0.2) is 0 Å². The third kappa shape index (κ3) is 3.92. The van der Waals surface area contributed by atoms with Crippen molar-refractivity contribution < 1.29 is 9.59 Å². The summed E-state index contributed by atoms with van der Waals surface area (Å²) in [5.74, 6) is 5.21. The maximum absolute atomic E-state index is 11.9. The van der Waals surface area contributed by atoms with Gasteiger partial charge < -0.3 is 16.1 Å². The lowest BCUT2D eigenvalue weighted by Gasteiger charge is -2.22. The first-order valence-corrected chi connectivity index (χ1v) is 5.84. The van der Waals surface area contributed by atoms with E-state index >= 15 is 0 Å². The van der Waals surface area contributed by atoms with Crippen LogP contribution < -0.4 is 21.9 Å². The summed E-state index contributed by atoms with van der Waals surface area (Å²) >= 11 is 0. The third-order valence-corrected chi connectivity index (χ3v) is 2.70. The molecule has 0 spiro atoms. The maximum atomic E-state index is 11.9. The summed E-state index contributed by atoms with van der Waals surface area (Å²) in [7, 11) is 1.56. The molecule has 0 aromatic carbocycles. The van der Waals surface area contributed by atoms with E-state index in [1.54, 1.807) is 27.0 Å². The molecule has 7 heteroatoms. The number of pyridine rings is 1. The van der Waals surface area contributed by atoms with E-state index in [0.717, 1.165) is 0 Å². The van der Waals surface area contributed by atoms with Crippen molar-refractivity contribution in [2.24, 2.45) is 11.3 Å². The van der Waals surface area contributed by atoms with Crippen LogP contribution in [0.15, 0.2) is 18.3 Å². The normalized spacial score (nSPS) is 10.7. The molecule has 0 unspecified atom stereocenters. The van der Waals surface area contributed by atoms with Crippen LogP contribution in [0.1, 0.15) is 24.2 Å². The lowest BCUT2D eigenvalue weighted by atomic mass is 9.92.